The minimum Gasteiger partial charge on any atom is -0.465 e. The van der Waals surface area contributed by atoms with Gasteiger partial charge in [0.2, 0.25) is 6.54 Å². The third-order valence-electron chi connectivity index (χ3n) is 3.66. The maximum Gasteiger partial charge on any atom is 0.320 e. The van der Waals surface area contributed by atoms with Gasteiger partial charge >= 0.3 is 5.97 Å². The largest absolute Gasteiger partial charge is 0.465 e. The lowest BCUT2D eigenvalue weighted by atomic mass is 9.70. The molecule has 0 unspecified atom stereocenters. The van der Waals surface area contributed by atoms with Gasteiger partial charge in [-0.15, -0.1) is 0 Å². The van der Waals surface area contributed by atoms with Crippen LogP contribution in [0, 0.1) is 15.5 Å². The monoisotopic (exact) mass is 293 g/mol. The molecule has 0 aliphatic carbocycles. The molecule has 0 spiro atoms. The number of benzene rings is 1. The van der Waals surface area contributed by atoms with E-state index in [1.165, 1.54) is 13.8 Å². The summed E-state index contributed by atoms with van der Waals surface area (Å²) in [6.45, 7) is 3.89. The Morgan fingerprint density at radius 3 is 2.33 bits per heavy atom. The van der Waals surface area contributed by atoms with Crippen molar-refractivity contribution in [3.05, 3.63) is 46.0 Å². The first-order valence-electron chi connectivity index (χ1n) is 6.69. The van der Waals surface area contributed by atoms with Crippen molar-refractivity contribution in [2.45, 2.75) is 26.7 Å². The van der Waals surface area contributed by atoms with Crippen LogP contribution < -0.4 is 0 Å². The molecule has 2 atom stereocenters. The number of hydrogen-bond acceptors (Lipinski definition) is 5. The minimum atomic E-state index is -1.58. The van der Waals surface area contributed by atoms with Gasteiger partial charge in [-0.25, -0.2) is 0 Å². The van der Waals surface area contributed by atoms with E-state index in [1.54, 1.807) is 37.3 Å². The number of nitrogens with zero attached hydrogens (tertiary/aromatic N) is 1. The first kappa shape index (κ1) is 16.8. The fraction of sp³-hybridized carbons (Fsp3) is 0.467. The van der Waals surface area contributed by atoms with Gasteiger partial charge in [-0.2, -0.15) is 0 Å². The Morgan fingerprint density at radius 1 is 1.33 bits per heavy atom. The van der Waals surface area contributed by atoms with Gasteiger partial charge in [0.05, 0.1) is 12.5 Å². The number of ketones is 1. The van der Waals surface area contributed by atoms with Gasteiger partial charge in [-0.1, -0.05) is 30.3 Å². The Hall–Kier alpha value is -2.24. The van der Waals surface area contributed by atoms with Gasteiger partial charge in [0.25, 0.3) is 0 Å². The Balaban J connectivity index is 3.34. The molecule has 0 saturated carbocycles. The molecule has 21 heavy (non-hydrogen) atoms. The molecule has 6 heteroatoms. The zero-order chi connectivity index (χ0) is 16.0. The van der Waals surface area contributed by atoms with E-state index < -0.39 is 34.6 Å². The lowest BCUT2D eigenvalue weighted by Gasteiger charge is -2.31. The van der Waals surface area contributed by atoms with Crippen molar-refractivity contribution in [3.63, 3.8) is 0 Å². The Kier molecular flexibility index (Phi) is 5.58. The lowest BCUT2D eigenvalue weighted by molar-refractivity contribution is -0.485. The molecular weight excluding hydrogens is 274 g/mol. The second-order valence-electron chi connectivity index (χ2n) is 4.96. The summed E-state index contributed by atoms with van der Waals surface area (Å²) in [6.07, 6.45) is 0. The first-order chi connectivity index (χ1) is 9.83. The number of rotatable bonds is 7. The van der Waals surface area contributed by atoms with E-state index in [2.05, 4.69) is 0 Å². The predicted octanol–water partition coefficient (Wildman–Crippen LogP) is 2.21. The van der Waals surface area contributed by atoms with Crippen LogP contribution >= 0.6 is 0 Å². The van der Waals surface area contributed by atoms with Crippen LogP contribution in [0.1, 0.15) is 32.3 Å². The van der Waals surface area contributed by atoms with Crippen LogP contribution in [0.15, 0.2) is 30.3 Å². The van der Waals surface area contributed by atoms with E-state index in [4.69, 9.17) is 4.74 Å². The van der Waals surface area contributed by atoms with Crippen molar-refractivity contribution in [1.29, 1.82) is 0 Å². The zero-order valence-electron chi connectivity index (χ0n) is 12.4. The lowest BCUT2D eigenvalue weighted by Crippen LogP contribution is -2.44. The van der Waals surface area contributed by atoms with Crippen LogP contribution in [0.25, 0.3) is 0 Å². The van der Waals surface area contributed by atoms with Crippen molar-refractivity contribution < 1.29 is 19.2 Å². The topological polar surface area (TPSA) is 86.5 Å². The Labute approximate surface area is 123 Å². The van der Waals surface area contributed by atoms with E-state index in [9.17, 15) is 19.7 Å². The number of esters is 1. The van der Waals surface area contributed by atoms with Gasteiger partial charge in [-0.3, -0.25) is 19.7 Å². The van der Waals surface area contributed by atoms with Gasteiger partial charge in [-0.05, 0) is 26.3 Å². The SMILES string of the molecule is CCOC(=O)[C@](C)(C(C)=O)[C@@H](C[N+](=O)[O-])c1ccccc1. The first-order valence-corrected chi connectivity index (χ1v) is 6.69. The van der Waals surface area contributed by atoms with E-state index in [-0.39, 0.29) is 6.61 Å². The van der Waals surface area contributed by atoms with Crippen LogP contribution in [0.3, 0.4) is 0 Å². The molecule has 1 aromatic rings. The summed E-state index contributed by atoms with van der Waals surface area (Å²) in [5.74, 6) is -2.05. The summed E-state index contributed by atoms with van der Waals surface area (Å²) in [5, 5.41) is 11.0. The summed E-state index contributed by atoms with van der Waals surface area (Å²) in [7, 11) is 0. The van der Waals surface area contributed by atoms with Gasteiger partial charge in [0, 0.05) is 4.92 Å². The van der Waals surface area contributed by atoms with Crippen LogP contribution in [0.4, 0.5) is 0 Å². The van der Waals surface area contributed by atoms with Crippen LogP contribution in [0.2, 0.25) is 0 Å². The molecule has 1 aromatic carbocycles. The molecule has 0 aliphatic heterocycles. The highest BCUT2D eigenvalue weighted by Gasteiger charge is 2.50. The van der Waals surface area contributed by atoms with Crippen LogP contribution in [-0.2, 0) is 14.3 Å². The van der Waals surface area contributed by atoms with E-state index in [0.717, 1.165) is 0 Å². The van der Waals surface area contributed by atoms with Crippen molar-refractivity contribution in [3.8, 4) is 0 Å². The summed E-state index contributed by atoms with van der Waals surface area (Å²) >= 11 is 0. The normalized spacial score (nSPS) is 14.8. The highest BCUT2D eigenvalue weighted by molar-refractivity contribution is 6.03. The molecular formula is C15H19NO5. The molecule has 0 saturated heterocycles. The number of hydrogen-bond donors (Lipinski definition) is 0. The van der Waals surface area contributed by atoms with Crippen LogP contribution in [-0.4, -0.2) is 29.8 Å². The molecule has 0 N–H and O–H groups in total. The van der Waals surface area contributed by atoms with E-state index in [0.29, 0.717) is 5.56 Å². The predicted molar refractivity (Wildman–Crippen MR) is 76.5 cm³/mol. The third kappa shape index (κ3) is 3.65. The second kappa shape index (κ2) is 6.97. The molecule has 0 bridgehead atoms. The Morgan fingerprint density at radius 2 is 1.90 bits per heavy atom. The molecule has 0 aromatic heterocycles. The van der Waals surface area contributed by atoms with Gasteiger partial charge < -0.3 is 4.74 Å². The van der Waals surface area contributed by atoms with E-state index in [1.807, 2.05) is 0 Å². The summed E-state index contributed by atoms with van der Waals surface area (Å²) in [4.78, 5) is 34.8. The molecule has 0 radical (unpaired) electrons. The van der Waals surface area contributed by atoms with Crippen molar-refractivity contribution >= 4 is 11.8 Å². The average molecular weight is 293 g/mol. The standard InChI is InChI=1S/C15H19NO5/c1-4-21-14(18)15(3,11(2)17)13(10-16(19)20)12-8-6-5-7-9-12/h5-9,13H,4,10H2,1-3H3/t13-,15+/m0/s1. The smallest absolute Gasteiger partial charge is 0.320 e. The fourth-order valence-electron chi connectivity index (χ4n) is 2.27. The third-order valence-corrected chi connectivity index (χ3v) is 3.66. The highest BCUT2D eigenvalue weighted by Crippen LogP contribution is 2.38. The van der Waals surface area contributed by atoms with Crippen molar-refractivity contribution in [2.24, 2.45) is 5.41 Å². The number of carbonyl (C=O) groups is 2. The molecule has 0 aliphatic rings. The molecule has 1 rings (SSSR count). The van der Waals surface area contributed by atoms with Crippen molar-refractivity contribution in [1.82, 2.24) is 0 Å². The minimum absolute atomic E-state index is 0.113. The zero-order valence-corrected chi connectivity index (χ0v) is 12.4. The second-order valence-corrected chi connectivity index (χ2v) is 4.96. The number of nitro groups is 1. The number of ether oxygens (including phenoxy) is 1. The summed E-state index contributed by atoms with van der Waals surface area (Å²) < 4.78 is 4.97. The van der Waals surface area contributed by atoms with Crippen molar-refractivity contribution in [2.75, 3.05) is 13.2 Å². The Bertz CT molecular complexity index is 528. The summed E-state index contributed by atoms with van der Waals surface area (Å²) in [5.41, 5.74) is -1.01. The fourth-order valence-corrected chi connectivity index (χ4v) is 2.27. The highest BCUT2D eigenvalue weighted by atomic mass is 16.6. The maximum atomic E-state index is 12.2. The molecule has 6 nitrogen and oxygen atoms in total. The molecule has 114 valence electrons. The van der Waals surface area contributed by atoms with Crippen LogP contribution in [0.5, 0.6) is 0 Å². The maximum absolute atomic E-state index is 12.2. The number of carbonyl (C=O) groups excluding carboxylic acids is 2. The van der Waals surface area contributed by atoms with E-state index >= 15 is 0 Å². The number of Topliss-reactive ketones (excluding diaryl/α,β-unsaturated/α-hetero) is 1. The average Bonchev–Trinajstić information content (AvgIpc) is 2.44. The molecule has 0 amide bonds. The van der Waals surface area contributed by atoms with Gasteiger partial charge in [0.15, 0.2) is 0 Å². The van der Waals surface area contributed by atoms with Gasteiger partial charge in [0.1, 0.15) is 11.2 Å². The molecule has 0 heterocycles. The quantitative estimate of drug-likeness (QED) is 0.333. The molecule has 0 fully saturated rings. The summed E-state index contributed by atoms with van der Waals surface area (Å²) in [6, 6.07) is 8.55.